The van der Waals surface area contributed by atoms with Crippen LogP contribution in [-0.4, -0.2) is 12.6 Å². The first-order valence-electron chi connectivity index (χ1n) is 9.27. The Hall–Kier alpha value is 0.107. The van der Waals surface area contributed by atoms with Crippen LogP contribution in [-0.2, 0) is 0 Å². The van der Waals surface area contributed by atoms with Gasteiger partial charge in [0.15, 0.2) is 0 Å². The van der Waals surface area contributed by atoms with Crippen LogP contribution < -0.4 is 4.74 Å². The summed E-state index contributed by atoms with van der Waals surface area (Å²) in [6.07, 6.45) is 10.0. The van der Waals surface area contributed by atoms with Gasteiger partial charge < -0.3 is 4.74 Å². The van der Waals surface area contributed by atoms with Crippen molar-refractivity contribution in [2.24, 2.45) is 5.92 Å². The van der Waals surface area contributed by atoms with Crippen molar-refractivity contribution in [1.82, 2.24) is 0 Å². The molecule has 24 heavy (non-hydrogen) atoms. The lowest BCUT2D eigenvalue weighted by atomic mass is 9.77. The van der Waals surface area contributed by atoms with Gasteiger partial charge in [-0.3, -0.25) is 0 Å². The largest absolute Gasteiger partial charge is 0.494 e. The molecule has 1 fully saturated rings. The molecule has 2 rings (SSSR count). The molecule has 1 aromatic rings. The van der Waals surface area contributed by atoms with Crippen molar-refractivity contribution >= 4 is 39.2 Å². The number of halogens is 3. The highest BCUT2D eigenvalue weighted by molar-refractivity contribution is 7.64. The minimum absolute atomic E-state index is 0.691. The molecule has 0 N–H and O–H groups in total. The number of benzene rings is 1. The predicted molar refractivity (Wildman–Crippen MR) is 109 cm³/mol. The summed E-state index contributed by atoms with van der Waals surface area (Å²) in [6, 6.07) is 6.95. The number of rotatable bonds is 9. The van der Waals surface area contributed by atoms with E-state index in [-0.39, 0.29) is 0 Å². The molecule has 1 aliphatic rings. The van der Waals surface area contributed by atoms with Gasteiger partial charge in [0, 0.05) is 0 Å². The quantitative estimate of drug-likeness (QED) is 0.233. The molecule has 0 aliphatic heterocycles. The van der Waals surface area contributed by atoms with E-state index in [4.69, 9.17) is 38.0 Å². The predicted octanol–water partition coefficient (Wildman–Crippen LogP) is 7.57. The van der Waals surface area contributed by atoms with Crippen LogP contribution in [0.15, 0.2) is 24.3 Å². The molecule has 0 heterocycles. The zero-order chi connectivity index (χ0) is 17.4. The van der Waals surface area contributed by atoms with Crippen LogP contribution in [0, 0.1) is 5.92 Å². The Kier molecular flexibility index (Phi) is 8.77. The van der Waals surface area contributed by atoms with Crippen LogP contribution in [0.25, 0.3) is 0 Å². The fourth-order valence-corrected chi connectivity index (χ4v) is 5.50. The van der Waals surface area contributed by atoms with Crippen LogP contribution in [0.1, 0.15) is 69.8 Å². The van der Waals surface area contributed by atoms with E-state index >= 15 is 0 Å². The third kappa shape index (κ3) is 7.55. The minimum Gasteiger partial charge on any atom is -0.494 e. The molecule has 5 heteroatoms. The highest BCUT2D eigenvalue weighted by atomic mass is 35.8. The molecule has 0 spiro atoms. The van der Waals surface area contributed by atoms with Gasteiger partial charge in [0.2, 0.25) is 0 Å². The standard InChI is InChI=1S/C19H29Cl3OSi/c1-2-5-16-6-8-17(9-7-16)18-10-12-19(13-11-18)23-14-3-4-15-24(20,21)22/h10-13,16-17H,2-9,14-15H2,1H3/t16-,17-. The Bertz CT molecular complexity index is 464. The normalized spacial score (nSPS) is 21.7. The maximum Gasteiger partial charge on any atom is 0.341 e. The second-order valence-corrected chi connectivity index (χ2v) is 16.3. The molecule has 0 aromatic heterocycles. The van der Waals surface area contributed by atoms with Gasteiger partial charge in [0.05, 0.1) is 6.61 Å². The summed E-state index contributed by atoms with van der Waals surface area (Å²) >= 11 is 17.6. The van der Waals surface area contributed by atoms with E-state index in [2.05, 4.69) is 31.2 Å². The van der Waals surface area contributed by atoms with Gasteiger partial charge in [0.25, 0.3) is 0 Å². The first-order chi connectivity index (χ1) is 11.5. The molecule has 0 unspecified atom stereocenters. The van der Waals surface area contributed by atoms with E-state index in [1.807, 2.05) is 0 Å². The summed E-state index contributed by atoms with van der Waals surface area (Å²) in [5.41, 5.74) is 1.47. The van der Waals surface area contributed by atoms with E-state index < -0.39 is 6.00 Å². The summed E-state index contributed by atoms with van der Waals surface area (Å²) in [5.74, 6) is 2.65. The Labute approximate surface area is 162 Å². The molecular weight excluding hydrogens is 379 g/mol. The third-order valence-electron chi connectivity index (χ3n) is 5.02. The molecule has 1 aliphatic carbocycles. The van der Waals surface area contributed by atoms with Crippen LogP contribution in [0.4, 0.5) is 0 Å². The topological polar surface area (TPSA) is 9.23 Å². The SMILES string of the molecule is CCC[C@H]1CC[C@H](c2ccc(OCCCC[Si](Cl)(Cl)Cl)cc2)CC1. The molecule has 0 amide bonds. The molecule has 1 saturated carbocycles. The fraction of sp³-hybridized carbons (Fsp3) is 0.684. The summed E-state index contributed by atoms with van der Waals surface area (Å²) in [4.78, 5) is 0. The van der Waals surface area contributed by atoms with Crippen LogP contribution in [0.2, 0.25) is 6.04 Å². The highest BCUT2D eigenvalue weighted by Crippen LogP contribution is 2.37. The minimum atomic E-state index is -2.46. The van der Waals surface area contributed by atoms with Gasteiger partial charge >= 0.3 is 6.00 Å². The fourth-order valence-electron chi connectivity index (χ4n) is 3.65. The molecule has 136 valence electrons. The van der Waals surface area contributed by atoms with Crippen molar-refractivity contribution in [1.29, 1.82) is 0 Å². The van der Waals surface area contributed by atoms with Gasteiger partial charge in [-0.15, -0.1) is 33.2 Å². The number of ether oxygens (including phenoxy) is 1. The Balaban J connectivity index is 1.69. The first-order valence-corrected chi connectivity index (χ1v) is 14.5. The average Bonchev–Trinajstić information content (AvgIpc) is 2.55. The highest BCUT2D eigenvalue weighted by Gasteiger charge is 2.23. The van der Waals surface area contributed by atoms with Crippen molar-refractivity contribution in [2.45, 2.75) is 70.3 Å². The molecule has 0 radical (unpaired) electrons. The lowest BCUT2D eigenvalue weighted by molar-refractivity contribution is 0.304. The monoisotopic (exact) mass is 406 g/mol. The van der Waals surface area contributed by atoms with Crippen LogP contribution in [0.5, 0.6) is 5.75 Å². The second kappa shape index (κ2) is 10.3. The van der Waals surface area contributed by atoms with Gasteiger partial charge in [-0.1, -0.05) is 31.9 Å². The van der Waals surface area contributed by atoms with Crippen LogP contribution in [0.3, 0.4) is 0 Å². The molecular formula is C19H29Cl3OSi. The summed E-state index contributed by atoms with van der Waals surface area (Å²) in [6.45, 7) is 2.99. The zero-order valence-electron chi connectivity index (χ0n) is 14.6. The maximum atomic E-state index is 5.88. The Morgan fingerprint density at radius 2 is 1.67 bits per heavy atom. The second-order valence-electron chi connectivity index (χ2n) is 7.00. The zero-order valence-corrected chi connectivity index (χ0v) is 17.8. The summed E-state index contributed by atoms with van der Waals surface area (Å²) in [5, 5.41) is 0. The lowest BCUT2D eigenvalue weighted by Crippen LogP contribution is -2.13. The molecule has 1 aromatic carbocycles. The van der Waals surface area contributed by atoms with Gasteiger partial charge in [-0.2, -0.15) is 0 Å². The number of hydrogen-bond acceptors (Lipinski definition) is 1. The number of unbranched alkanes of at least 4 members (excludes halogenated alkanes) is 1. The van der Waals surface area contributed by atoms with E-state index in [1.54, 1.807) is 0 Å². The Morgan fingerprint density at radius 3 is 2.25 bits per heavy atom. The van der Waals surface area contributed by atoms with Gasteiger partial charge in [0.1, 0.15) is 5.75 Å². The maximum absolute atomic E-state index is 5.88. The van der Waals surface area contributed by atoms with E-state index in [9.17, 15) is 0 Å². The van der Waals surface area contributed by atoms with Crippen LogP contribution >= 0.6 is 33.2 Å². The molecule has 1 nitrogen and oxygen atoms in total. The van der Waals surface area contributed by atoms with E-state index in [0.717, 1.165) is 30.4 Å². The van der Waals surface area contributed by atoms with Crippen molar-refractivity contribution in [3.63, 3.8) is 0 Å². The molecule has 0 atom stereocenters. The van der Waals surface area contributed by atoms with Crippen molar-refractivity contribution in [3.8, 4) is 5.75 Å². The van der Waals surface area contributed by atoms with Gasteiger partial charge in [-0.25, -0.2) is 0 Å². The average molecular weight is 408 g/mol. The van der Waals surface area contributed by atoms with Crippen molar-refractivity contribution in [2.75, 3.05) is 6.61 Å². The van der Waals surface area contributed by atoms with Crippen molar-refractivity contribution < 1.29 is 4.74 Å². The summed E-state index contributed by atoms with van der Waals surface area (Å²) < 4.78 is 5.80. The smallest absolute Gasteiger partial charge is 0.341 e. The lowest BCUT2D eigenvalue weighted by Gasteiger charge is -2.28. The first kappa shape index (κ1) is 20.4. The van der Waals surface area contributed by atoms with E-state index in [1.165, 1.54) is 44.1 Å². The van der Waals surface area contributed by atoms with Crippen molar-refractivity contribution in [3.05, 3.63) is 29.8 Å². The summed E-state index contributed by atoms with van der Waals surface area (Å²) in [7, 11) is 0. The molecule has 0 saturated heterocycles. The van der Waals surface area contributed by atoms with E-state index in [0.29, 0.717) is 12.7 Å². The molecule has 0 bridgehead atoms. The third-order valence-corrected chi connectivity index (χ3v) is 7.64. The Morgan fingerprint density at radius 1 is 1.00 bits per heavy atom. The van der Waals surface area contributed by atoms with Gasteiger partial charge in [-0.05, 0) is 74.1 Å². The number of hydrogen-bond donors (Lipinski definition) is 0.